The van der Waals surface area contributed by atoms with Gasteiger partial charge in [-0.05, 0) is 37.8 Å². The first-order valence-electron chi connectivity index (χ1n) is 6.63. The third-order valence-corrected chi connectivity index (χ3v) is 3.22. The van der Waals surface area contributed by atoms with Crippen molar-refractivity contribution in [2.45, 2.75) is 32.7 Å². The molecule has 0 fully saturated rings. The first-order valence-corrected chi connectivity index (χ1v) is 6.63. The summed E-state index contributed by atoms with van der Waals surface area (Å²) in [6.07, 6.45) is 1.96. The molecule has 0 spiro atoms. The van der Waals surface area contributed by atoms with Crippen molar-refractivity contribution >= 4 is 5.69 Å². The summed E-state index contributed by atoms with van der Waals surface area (Å²) < 4.78 is 0. The van der Waals surface area contributed by atoms with Crippen LogP contribution < -0.4 is 5.32 Å². The zero-order valence-corrected chi connectivity index (χ0v) is 11.5. The Bertz CT molecular complexity index is 409. The Morgan fingerprint density at radius 1 is 1.42 bits per heavy atom. The van der Waals surface area contributed by atoms with Crippen LogP contribution in [0.25, 0.3) is 0 Å². The largest absolute Gasteiger partial charge is 0.396 e. The molecule has 0 amide bonds. The number of aliphatic hydroxyl groups excluding tert-OH is 1. The molecule has 2 atom stereocenters. The van der Waals surface area contributed by atoms with Crippen molar-refractivity contribution in [3.8, 4) is 0 Å². The maximum absolute atomic E-state index is 10.7. The number of non-ortho nitro benzene ring substituents is 1. The van der Waals surface area contributed by atoms with Crippen LogP contribution in [0.2, 0.25) is 0 Å². The van der Waals surface area contributed by atoms with E-state index >= 15 is 0 Å². The molecule has 0 aromatic heterocycles. The van der Waals surface area contributed by atoms with Crippen LogP contribution in [-0.2, 0) is 0 Å². The zero-order chi connectivity index (χ0) is 14.3. The van der Waals surface area contributed by atoms with Gasteiger partial charge in [0, 0.05) is 24.8 Å². The third kappa shape index (κ3) is 5.36. The van der Waals surface area contributed by atoms with Gasteiger partial charge in [-0.15, -0.1) is 0 Å². The molecule has 0 aliphatic heterocycles. The van der Waals surface area contributed by atoms with Gasteiger partial charge < -0.3 is 10.4 Å². The molecular weight excluding hydrogens is 244 g/mol. The van der Waals surface area contributed by atoms with Gasteiger partial charge in [-0.3, -0.25) is 10.1 Å². The predicted molar refractivity (Wildman–Crippen MR) is 75.0 cm³/mol. The lowest BCUT2D eigenvalue weighted by molar-refractivity contribution is -0.384. The molecule has 19 heavy (non-hydrogen) atoms. The number of hydrogen-bond acceptors (Lipinski definition) is 4. The molecule has 106 valence electrons. The van der Waals surface area contributed by atoms with Crippen LogP contribution in [0, 0.1) is 16.0 Å². The Hall–Kier alpha value is -1.46. The van der Waals surface area contributed by atoms with E-state index in [0.29, 0.717) is 5.92 Å². The molecule has 0 saturated heterocycles. The average Bonchev–Trinajstić information content (AvgIpc) is 2.43. The summed E-state index contributed by atoms with van der Waals surface area (Å²) in [5.41, 5.74) is 1.05. The van der Waals surface area contributed by atoms with Crippen molar-refractivity contribution in [1.82, 2.24) is 5.32 Å². The SMILES string of the molecule is CC(CO)CCCNC(C)c1cccc([N+](=O)[O-])c1. The fourth-order valence-electron chi connectivity index (χ4n) is 1.89. The first kappa shape index (κ1) is 15.6. The quantitative estimate of drug-likeness (QED) is 0.431. The number of rotatable bonds is 8. The topological polar surface area (TPSA) is 75.4 Å². The highest BCUT2D eigenvalue weighted by molar-refractivity contribution is 5.35. The van der Waals surface area contributed by atoms with E-state index < -0.39 is 0 Å². The molecule has 1 aromatic carbocycles. The summed E-state index contributed by atoms with van der Waals surface area (Å²) in [4.78, 5) is 10.3. The molecule has 0 bridgehead atoms. The summed E-state index contributed by atoms with van der Waals surface area (Å²) in [7, 11) is 0. The van der Waals surface area contributed by atoms with E-state index in [1.54, 1.807) is 12.1 Å². The Morgan fingerprint density at radius 3 is 2.79 bits per heavy atom. The van der Waals surface area contributed by atoms with Crippen LogP contribution >= 0.6 is 0 Å². The van der Waals surface area contributed by atoms with Gasteiger partial charge in [0.05, 0.1) is 4.92 Å². The molecular formula is C14H22N2O3. The van der Waals surface area contributed by atoms with Crippen molar-refractivity contribution in [3.63, 3.8) is 0 Å². The second-order valence-corrected chi connectivity index (χ2v) is 4.96. The van der Waals surface area contributed by atoms with Crippen LogP contribution in [0.4, 0.5) is 5.69 Å². The summed E-state index contributed by atoms with van der Waals surface area (Å²) in [5.74, 6) is 0.329. The Morgan fingerprint density at radius 2 is 2.16 bits per heavy atom. The molecule has 0 aliphatic carbocycles. The lowest BCUT2D eigenvalue weighted by atomic mass is 10.1. The third-order valence-electron chi connectivity index (χ3n) is 3.22. The molecule has 1 rings (SSSR count). The fraction of sp³-hybridized carbons (Fsp3) is 0.571. The van der Waals surface area contributed by atoms with Gasteiger partial charge in [0.2, 0.25) is 0 Å². The second-order valence-electron chi connectivity index (χ2n) is 4.96. The highest BCUT2D eigenvalue weighted by Gasteiger charge is 2.10. The maximum Gasteiger partial charge on any atom is 0.269 e. The smallest absolute Gasteiger partial charge is 0.269 e. The molecule has 0 radical (unpaired) electrons. The molecule has 5 nitrogen and oxygen atoms in total. The number of hydrogen-bond donors (Lipinski definition) is 2. The Labute approximate surface area is 113 Å². The lowest BCUT2D eigenvalue weighted by Crippen LogP contribution is -2.20. The molecule has 5 heteroatoms. The van der Waals surface area contributed by atoms with Crippen molar-refractivity contribution in [1.29, 1.82) is 0 Å². The zero-order valence-electron chi connectivity index (χ0n) is 11.5. The molecule has 2 N–H and O–H groups in total. The standard InChI is InChI=1S/C14H22N2O3/c1-11(10-17)5-4-8-15-12(2)13-6-3-7-14(9-13)16(18)19/h3,6-7,9,11-12,15,17H,4-5,8,10H2,1-2H3. The second kappa shape index (κ2) is 7.86. The van der Waals surface area contributed by atoms with Gasteiger partial charge in [-0.25, -0.2) is 0 Å². The number of benzene rings is 1. The number of nitrogens with one attached hydrogen (secondary N) is 1. The van der Waals surface area contributed by atoms with Gasteiger partial charge in [0.1, 0.15) is 0 Å². The van der Waals surface area contributed by atoms with Crippen LogP contribution in [-0.4, -0.2) is 23.2 Å². The van der Waals surface area contributed by atoms with E-state index in [9.17, 15) is 10.1 Å². The molecule has 0 saturated carbocycles. The monoisotopic (exact) mass is 266 g/mol. The van der Waals surface area contributed by atoms with Crippen LogP contribution in [0.1, 0.15) is 38.3 Å². The van der Waals surface area contributed by atoms with Crippen molar-refractivity contribution in [3.05, 3.63) is 39.9 Å². The van der Waals surface area contributed by atoms with Gasteiger partial charge in [0.25, 0.3) is 5.69 Å². The molecule has 2 unspecified atom stereocenters. The minimum atomic E-state index is -0.376. The summed E-state index contributed by atoms with van der Waals surface area (Å²) in [6.45, 7) is 5.08. The van der Waals surface area contributed by atoms with Crippen LogP contribution in [0.15, 0.2) is 24.3 Å². The van der Waals surface area contributed by atoms with Gasteiger partial charge >= 0.3 is 0 Å². The number of nitrogens with zero attached hydrogens (tertiary/aromatic N) is 1. The lowest BCUT2D eigenvalue weighted by Gasteiger charge is -2.15. The van der Waals surface area contributed by atoms with E-state index in [1.165, 1.54) is 6.07 Å². The summed E-state index contributed by atoms with van der Waals surface area (Å²) in [5, 5.41) is 23.0. The number of nitro benzene ring substituents is 1. The molecule has 1 aromatic rings. The highest BCUT2D eigenvalue weighted by atomic mass is 16.6. The fourth-order valence-corrected chi connectivity index (χ4v) is 1.89. The highest BCUT2D eigenvalue weighted by Crippen LogP contribution is 2.18. The normalized spacial score (nSPS) is 14.1. The Balaban J connectivity index is 2.43. The first-order chi connectivity index (χ1) is 9.04. The van der Waals surface area contributed by atoms with Crippen molar-refractivity contribution < 1.29 is 10.0 Å². The molecule has 0 aliphatic rings. The van der Waals surface area contributed by atoms with Crippen molar-refractivity contribution in [2.24, 2.45) is 5.92 Å². The van der Waals surface area contributed by atoms with Crippen LogP contribution in [0.5, 0.6) is 0 Å². The number of aliphatic hydroxyl groups is 1. The van der Waals surface area contributed by atoms with E-state index in [2.05, 4.69) is 5.32 Å². The van der Waals surface area contributed by atoms with E-state index in [0.717, 1.165) is 24.9 Å². The van der Waals surface area contributed by atoms with E-state index in [4.69, 9.17) is 5.11 Å². The van der Waals surface area contributed by atoms with Gasteiger partial charge in [0.15, 0.2) is 0 Å². The summed E-state index contributed by atoms with van der Waals surface area (Å²) in [6, 6.07) is 6.79. The predicted octanol–water partition coefficient (Wildman–Crippen LogP) is 2.65. The van der Waals surface area contributed by atoms with Crippen LogP contribution in [0.3, 0.4) is 0 Å². The minimum absolute atomic E-state index is 0.0873. The average molecular weight is 266 g/mol. The molecule has 0 heterocycles. The number of nitro groups is 1. The van der Waals surface area contributed by atoms with Gasteiger partial charge in [-0.1, -0.05) is 19.1 Å². The minimum Gasteiger partial charge on any atom is -0.396 e. The Kier molecular flexibility index (Phi) is 6.45. The van der Waals surface area contributed by atoms with Gasteiger partial charge in [-0.2, -0.15) is 0 Å². The van der Waals surface area contributed by atoms with E-state index in [-0.39, 0.29) is 23.3 Å². The maximum atomic E-state index is 10.7. The van der Waals surface area contributed by atoms with E-state index in [1.807, 2.05) is 19.9 Å². The summed E-state index contributed by atoms with van der Waals surface area (Å²) >= 11 is 0. The van der Waals surface area contributed by atoms with Crippen molar-refractivity contribution in [2.75, 3.05) is 13.2 Å².